The number of aliphatic carboxylic acids is 1. The van der Waals surface area contributed by atoms with Gasteiger partial charge >= 0.3 is 0 Å². The summed E-state index contributed by atoms with van der Waals surface area (Å²) in [5.41, 5.74) is 3.20. The predicted molar refractivity (Wildman–Crippen MR) is 68.3 cm³/mol. The normalized spacial score (nSPS) is 18.5. The molecule has 2 heteroatoms. The average Bonchev–Trinajstić information content (AvgIpc) is 2.20. The molecule has 0 aromatic heterocycles. The molecule has 0 aromatic carbocycles. The molecule has 0 aliphatic heterocycles. The summed E-state index contributed by atoms with van der Waals surface area (Å²) in [5, 5.41) is 10.3. The van der Waals surface area contributed by atoms with Crippen molar-refractivity contribution in [2.24, 2.45) is 5.41 Å². The van der Waals surface area contributed by atoms with E-state index in [1.807, 2.05) is 0 Å². The number of hydrogen-bond donors (Lipinski definition) is 0. The highest BCUT2D eigenvalue weighted by Gasteiger charge is 2.25. The highest BCUT2D eigenvalue weighted by atomic mass is 16.4. The molecule has 0 bridgehead atoms. The summed E-state index contributed by atoms with van der Waals surface area (Å²) >= 11 is 0. The molecule has 1 rings (SSSR count). The highest BCUT2D eigenvalue weighted by Crippen LogP contribution is 2.39. The molecule has 0 atom stereocenters. The summed E-state index contributed by atoms with van der Waals surface area (Å²) in [6, 6.07) is 0. The van der Waals surface area contributed by atoms with Gasteiger partial charge in [0.05, 0.1) is 0 Å². The lowest BCUT2D eigenvalue weighted by Gasteiger charge is -2.31. The van der Waals surface area contributed by atoms with Crippen LogP contribution in [0.25, 0.3) is 0 Å². The average molecular weight is 235 g/mol. The predicted octanol–water partition coefficient (Wildman–Crippen LogP) is 2.99. The Morgan fingerprint density at radius 2 is 2.06 bits per heavy atom. The zero-order valence-electron chi connectivity index (χ0n) is 11.2. The molecule has 0 saturated heterocycles. The number of rotatable bonds is 6. The molecule has 0 fully saturated rings. The monoisotopic (exact) mass is 235 g/mol. The maximum atomic E-state index is 10.3. The van der Waals surface area contributed by atoms with Gasteiger partial charge in [-0.1, -0.05) is 43.6 Å². The number of carboxylic acid groups (broad SMARTS) is 1. The molecule has 1 aliphatic carbocycles. The van der Waals surface area contributed by atoms with Crippen molar-refractivity contribution in [1.29, 1.82) is 0 Å². The fraction of sp³-hybridized carbons (Fsp3) is 0.667. The summed E-state index contributed by atoms with van der Waals surface area (Å²) in [6.07, 6.45) is 9.65. The summed E-state index contributed by atoms with van der Waals surface area (Å²) in [5.74, 6) is -0.929. The van der Waals surface area contributed by atoms with Gasteiger partial charge < -0.3 is 9.90 Å². The first-order valence-electron chi connectivity index (χ1n) is 6.50. The number of allylic oxidation sites excluding steroid dienone is 4. The number of carbonyl (C=O) groups is 1. The molecule has 0 N–H and O–H groups in total. The van der Waals surface area contributed by atoms with Gasteiger partial charge in [-0.2, -0.15) is 0 Å². The minimum atomic E-state index is -0.929. The standard InChI is InChI=1S/C15H24O2/c1-12-8-7-11-15(2,3)13(12)9-5-4-6-10-14(16)17/h7-8H,4-6,9-11H2,1-3H3,(H,16,17)/p-1. The summed E-state index contributed by atoms with van der Waals surface area (Å²) < 4.78 is 0. The van der Waals surface area contributed by atoms with Crippen molar-refractivity contribution in [3.05, 3.63) is 23.3 Å². The van der Waals surface area contributed by atoms with Crippen molar-refractivity contribution in [3.8, 4) is 0 Å². The van der Waals surface area contributed by atoms with Gasteiger partial charge in [0.25, 0.3) is 0 Å². The first kappa shape index (κ1) is 14.0. The van der Waals surface area contributed by atoms with Gasteiger partial charge in [0.15, 0.2) is 0 Å². The van der Waals surface area contributed by atoms with Crippen LogP contribution in [0.4, 0.5) is 0 Å². The van der Waals surface area contributed by atoms with Crippen LogP contribution >= 0.6 is 0 Å². The number of unbranched alkanes of at least 4 members (excludes halogenated alkanes) is 2. The van der Waals surface area contributed by atoms with Gasteiger partial charge in [0.2, 0.25) is 0 Å². The quantitative estimate of drug-likeness (QED) is 0.664. The maximum Gasteiger partial charge on any atom is 0.0414 e. The molecule has 0 heterocycles. The Kier molecular flexibility index (Phi) is 4.98. The van der Waals surface area contributed by atoms with E-state index in [1.165, 1.54) is 11.1 Å². The third kappa shape index (κ3) is 4.37. The van der Waals surface area contributed by atoms with Crippen LogP contribution < -0.4 is 5.11 Å². The molecule has 0 amide bonds. The Balaban J connectivity index is 2.39. The third-order valence-corrected chi connectivity index (χ3v) is 3.60. The molecule has 17 heavy (non-hydrogen) atoms. The highest BCUT2D eigenvalue weighted by molar-refractivity contribution is 5.64. The van der Waals surface area contributed by atoms with Crippen LogP contribution in [-0.2, 0) is 4.79 Å². The fourth-order valence-corrected chi connectivity index (χ4v) is 2.57. The fourth-order valence-electron chi connectivity index (χ4n) is 2.57. The van der Waals surface area contributed by atoms with Crippen LogP contribution in [-0.4, -0.2) is 5.97 Å². The van der Waals surface area contributed by atoms with Crippen molar-refractivity contribution in [2.75, 3.05) is 0 Å². The van der Waals surface area contributed by atoms with Crippen molar-refractivity contribution >= 4 is 5.97 Å². The second kappa shape index (κ2) is 6.04. The minimum Gasteiger partial charge on any atom is -0.550 e. The Morgan fingerprint density at radius 1 is 1.35 bits per heavy atom. The molecule has 0 saturated carbocycles. The zero-order chi connectivity index (χ0) is 12.9. The van der Waals surface area contributed by atoms with Crippen LogP contribution in [0.1, 0.15) is 59.3 Å². The van der Waals surface area contributed by atoms with Gasteiger partial charge in [-0.25, -0.2) is 0 Å². The van der Waals surface area contributed by atoms with Crippen LogP contribution in [0, 0.1) is 5.41 Å². The third-order valence-electron chi connectivity index (χ3n) is 3.60. The second-order valence-electron chi connectivity index (χ2n) is 5.58. The Bertz CT molecular complexity index is 335. The van der Waals surface area contributed by atoms with Crippen LogP contribution in [0.15, 0.2) is 23.3 Å². The lowest BCUT2D eigenvalue weighted by atomic mass is 9.74. The van der Waals surface area contributed by atoms with Gasteiger partial charge in [-0.05, 0) is 44.4 Å². The van der Waals surface area contributed by atoms with E-state index in [-0.39, 0.29) is 11.8 Å². The van der Waals surface area contributed by atoms with E-state index in [9.17, 15) is 9.90 Å². The maximum absolute atomic E-state index is 10.3. The SMILES string of the molecule is CC1=C(CCCCCC(=O)[O-])C(C)(C)CC=C1. The molecular weight excluding hydrogens is 212 g/mol. The van der Waals surface area contributed by atoms with E-state index in [0.717, 1.165) is 32.1 Å². The largest absolute Gasteiger partial charge is 0.550 e. The zero-order valence-corrected chi connectivity index (χ0v) is 11.2. The first-order valence-corrected chi connectivity index (χ1v) is 6.50. The molecule has 2 nitrogen and oxygen atoms in total. The van der Waals surface area contributed by atoms with Gasteiger partial charge in [-0.15, -0.1) is 0 Å². The first-order chi connectivity index (χ1) is 7.93. The van der Waals surface area contributed by atoms with E-state index in [0.29, 0.717) is 0 Å². The van der Waals surface area contributed by atoms with Crippen LogP contribution in [0.3, 0.4) is 0 Å². The van der Waals surface area contributed by atoms with Gasteiger partial charge in [-0.3, -0.25) is 0 Å². The van der Waals surface area contributed by atoms with Crippen molar-refractivity contribution in [3.63, 3.8) is 0 Å². The number of hydrogen-bond acceptors (Lipinski definition) is 2. The second-order valence-corrected chi connectivity index (χ2v) is 5.58. The lowest BCUT2D eigenvalue weighted by Crippen LogP contribution is -2.21. The van der Waals surface area contributed by atoms with Crippen molar-refractivity contribution < 1.29 is 9.90 Å². The van der Waals surface area contributed by atoms with Crippen LogP contribution in [0.5, 0.6) is 0 Å². The Morgan fingerprint density at radius 3 is 2.65 bits per heavy atom. The Hall–Kier alpha value is -1.05. The topological polar surface area (TPSA) is 40.1 Å². The smallest absolute Gasteiger partial charge is 0.0414 e. The van der Waals surface area contributed by atoms with E-state index in [4.69, 9.17) is 0 Å². The van der Waals surface area contributed by atoms with E-state index in [2.05, 4.69) is 32.9 Å². The molecule has 0 aromatic rings. The molecular formula is C15H23O2-. The van der Waals surface area contributed by atoms with Crippen molar-refractivity contribution in [2.45, 2.75) is 59.3 Å². The van der Waals surface area contributed by atoms with E-state index >= 15 is 0 Å². The Labute approximate surface area is 104 Å². The van der Waals surface area contributed by atoms with Crippen LogP contribution in [0.2, 0.25) is 0 Å². The van der Waals surface area contributed by atoms with Gasteiger partial charge in [0, 0.05) is 5.97 Å². The molecule has 1 aliphatic rings. The molecule has 0 unspecified atom stereocenters. The van der Waals surface area contributed by atoms with E-state index in [1.54, 1.807) is 0 Å². The molecule has 0 spiro atoms. The van der Waals surface area contributed by atoms with Gasteiger partial charge in [0.1, 0.15) is 0 Å². The lowest BCUT2D eigenvalue weighted by molar-refractivity contribution is -0.305. The number of carbonyl (C=O) groups excluding carboxylic acids is 1. The summed E-state index contributed by atoms with van der Waals surface area (Å²) in [4.78, 5) is 10.3. The minimum absolute atomic E-state index is 0.196. The summed E-state index contributed by atoms with van der Waals surface area (Å²) in [7, 11) is 0. The summed E-state index contributed by atoms with van der Waals surface area (Å²) in [6.45, 7) is 6.75. The molecule has 0 radical (unpaired) electrons. The molecule has 96 valence electrons. The number of carboxylic acids is 1. The van der Waals surface area contributed by atoms with E-state index < -0.39 is 5.97 Å². The van der Waals surface area contributed by atoms with Crippen molar-refractivity contribution in [1.82, 2.24) is 0 Å².